The Morgan fingerprint density at radius 3 is 2.08 bits per heavy atom. The minimum absolute atomic E-state index is 0.0365. The Kier molecular flexibility index (Phi) is 7.95. The van der Waals surface area contributed by atoms with Crippen molar-refractivity contribution in [2.45, 2.75) is 23.6 Å². The number of nitrogens with one attached hydrogen (secondary N) is 1. The maximum Gasteiger partial charge on any atom is 0.261 e. The van der Waals surface area contributed by atoms with Crippen LogP contribution in [0.5, 0.6) is 5.75 Å². The van der Waals surface area contributed by atoms with E-state index in [1.807, 2.05) is 0 Å². The predicted octanol–water partition coefficient (Wildman–Crippen LogP) is 4.29. The van der Waals surface area contributed by atoms with Crippen LogP contribution in [-0.2, 0) is 29.1 Å². The lowest BCUT2D eigenvalue weighted by atomic mass is 10.1. The standard InChI is InChI=1S/C21H23ClN4O7S3/c1-4-26(5-2)36(32,33)19-13-18(24-23-14-9-11-15(12-10-14)35(22,30)31)20-16(21(19)27)7-6-8-17(20)25-34(3,28)29/h6-13,25,27H,4-5H2,1-3H3. The Labute approximate surface area is 213 Å². The van der Waals surface area contributed by atoms with E-state index >= 15 is 0 Å². The maximum atomic E-state index is 13.2. The van der Waals surface area contributed by atoms with Crippen molar-refractivity contribution in [3.8, 4) is 5.75 Å². The molecule has 36 heavy (non-hydrogen) atoms. The lowest BCUT2D eigenvalue weighted by molar-refractivity contribution is 0.431. The molecule has 0 bridgehead atoms. The van der Waals surface area contributed by atoms with Gasteiger partial charge in [-0.3, -0.25) is 4.72 Å². The van der Waals surface area contributed by atoms with Gasteiger partial charge in [-0.1, -0.05) is 26.0 Å². The second kappa shape index (κ2) is 10.3. The Morgan fingerprint density at radius 1 is 0.944 bits per heavy atom. The molecule has 2 N–H and O–H groups in total. The van der Waals surface area contributed by atoms with Gasteiger partial charge in [0.25, 0.3) is 9.05 Å². The average Bonchev–Trinajstić information content (AvgIpc) is 2.78. The van der Waals surface area contributed by atoms with Gasteiger partial charge in [-0.25, -0.2) is 25.3 Å². The van der Waals surface area contributed by atoms with E-state index < -0.39 is 39.7 Å². The fraction of sp³-hybridized carbons (Fsp3) is 0.238. The van der Waals surface area contributed by atoms with Crippen molar-refractivity contribution in [3.63, 3.8) is 0 Å². The minimum atomic E-state index is -4.14. The van der Waals surface area contributed by atoms with Crippen LogP contribution in [0.15, 0.2) is 68.6 Å². The monoisotopic (exact) mass is 574 g/mol. The number of azo groups is 1. The van der Waals surface area contributed by atoms with Crippen molar-refractivity contribution >= 4 is 67.6 Å². The summed E-state index contributed by atoms with van der Waals surface area (Å²) in [6.45, 7) is 3.61. The van der Waals surface area contributed by atoms with Crippen LogP contribution in [0.2, 0.25) is 0 Å². The number of hydrogen-bond donors (Lipinski definition) is 2. The van der Waals surface area contributed by atoms with Gasteiger partial charge >= 0.3 is 0 Å². The first-order valence-electron chi connectivity index (χ1n) is 10.4. The normalized spacial score (nSPS) is 13.0. The van der Waals surface area contributed by atoms with Crippen molar-refractivity contribution in [1.29, 1.82) is 0 Å². The highest BCUT2D eigenvalue weighted by Crippen LogP contribution is 2.43. The summed E-state index contributed by atoms with van der Waals surface area (Å²) in [5.74, 6) is -0.565. The molecule has 3 rings (SSSR count). The Balaban J connectivity index is 2.30. The van der Waals surface area contributed by atoms with E-state index in [9.17, 15) is 30.4 Å². The number of fused-ring (bicyclic) bond motifs is 1. The van der Waals surface area contributed by atoms with E-state index in [2.05, 4.69) is 15.0 Å². The second-order valence-electron chi connectivity index (χ2n) is 7.57. The fourth-order valence-corrected chi connectivity index (χ4v) is 6.39. The zero-order valence-electron chi connectivity index (χ0n) is 19.4. The zero-order chi connectivity index (χ0) is 26.9. The number of aromatic hydroxyl groups is 1. The van der Waals surface area contributed by atoms with Gasteiger partial charge in [-0.05, 0) is 36.4 Å². The van der Waals surface area contributed by atoms with Crippen molar-refractivity contribution in [1.82, 2.24) is 4.31 Å². The molecule has 194 valence electrons. The SMILES string of the molecule is CCN(CC)S(=O)(=O)c1cc(N=Nc2ccc(S(=O)(=O)Cl)cc2)c2c(NS(C)(=O)=O)cccc2c1O. The number of hydrogen-bond acceptors (Lipinski definition) is 9. The molecule has 0 aliphatic rings. The molecule has 0 heterocycles. The molecule has 3 aromatic carbocycles. The van der Waals surface area contributed by atoms with E-state index in [1.54, 1.807) is 13.8 Å². The van der Waals surface area contributed by atoms with E-state index in [1.165, 1.54) is 42.5 Å². The van der Waals surface area contributed by atoms with Crippen molar-refractivity contribution in [3.05, 3.63) is 48.5 Å². The number of halogens is 1. The van der Waals surface area contributed by atoms with Gasteiger partial charge in [0.15, 0.2) is 0 Å². The van der Waals surface area contributed by atoms with Gasteiger partial charge in [0.05, 0.1) is 28.2 Å². The van der Waals surface area contributed by atoms with Crippen LogP contribution in [-0.4, -0.2) is 54.0 Å². The van der Waals surface area contributed by atoms with Crippen molar-refractivity contribution in [2.24, 2.45) is 10.2 Å². The number of nitrogens with zero attached hydrogens (tertiary/aromatic N) is 3. The third-order valence-electron chi connectivity index (χ3n) is 5.09. The smallest absolute Gasteiger partial charge is 0.261 e. The molecule has 11 nitrogen and oxygen atoms in total. The summed E-state index contributed by atoms with van der Waals surface area (Å²) in [5, 5.41) is 19.3. The Hall–Kier alpha value is -2.78. The highest BCUT2D eigenvalue weighted by atomic mass is 35.7. The first kappa shape index (κ1) is 27.8. The molecule has 0 aromatic heterocycles. The van der Waals surface area contributed by atoms with Crippen LogP contribution in [0.3, 0.4) is 0 Å². The number of rotatable bonds is 9. The topological polar surface area (TPSA) is 163 Å². The van der Waals surface area contributed by atoms with Crippen LogP contribution < -0.4 is 4.72 Å². The number of phenolic OH excluding ortho intramolecular Hbond substituents is 1. The van der Waals surface area contributed by atoms with Crippen LogP contribution in [0.4, 0.5) is 17.1 Å². The number of phenols is 1. The van der Waals surface area contributed by atoms with Gasteiger partial charge < -0.3 is 5.11 Å². The molecule has 0 unspecified atom stereocenters. The Bertz CT molecular complexity index is 1650. The molecule has 15 heteroatoms. The molecule has 0 fully saturated rings. The van der Waals surface area contributed by atoms with Gasteiger partial charge in [-0.2, -0.15) is 9.42 Å². The van der Waals surface area contributed by atoms with E-state index in [-0.39, 0.29) is 45.8 Å². The van der Waals surface area contributed by atoms with Crippen LogP contribution in [0.1, 0.15) is 13.8 Å². The summed E-state index contributed by atoms with van der Waals surface area (Å²) in [6, 6.07) is 10.5. The highest BCUT2D eigenvalue weighted by Gasteiger charge is 2.28. The largest absolute Gasteiger partial charge is 0.506 e. The number of benzene rings is 3. The van der Waals surface area contributed by atoms with Gasteiger partial charge in [0, 0.05) is 34.5 Å². The van der Waals surface area contributed by atoms with Crippen LogP contribution in [0, 0.1) is 0 Å². The van der Waals surface area contributed by atoms with Gasteiger partial charge in [0.2, 0.25) is 20.0 Å². The number of sulfonamides is 2. The molecule has 0 radical (unpaired) electrons. The van der Waals surface area contributed by atoms with Gasteiger partial charge in [-0.15, -0.1) is 5.11 Å². The molecule has 0 saturated carbocycles. The highest BCUT2D eigenvalue weighted by molar-refractivity contribution is 8.13. The molecular weight excluding hydrogens is 552 g/mol. The summed E-state index contributed by atoms with van der Waals surface area (Å²) >= 11 is 0. The maximum absolute atomic E-state index is 13.2. The zero-order valence-corrected chi connectivity index (χ0v) is 22.6. The third-order valence-corrected chi connectivity index (χ3v) is 9.11. The van der Waals surface area contributed by atoms with E-state index in [0.717, 1.165) is 16.6 Å². The molecule has 0 spiro atoms. The number of anilines is 1. The Morgan fingerprint density at radius 2 is 1.56 bits per heavy atom. The molecular formula is C21H23ClN4O7S3. The van der Waals surface area contributed by atoms with Crippen molar-refractivity contribution in [2.75, 3.05) is 24.1 Å². The van der Waals surface area contributed by atoms with Gasteiger partial charge in [0.1, 0.15) is 10.6 Å². The van der Waals surface area contributed by atoms with Crippen molar-refractivity contribution < 1.29 is 30.4 Å². The second-order valence-corrected chi connectivity index (χ2v) is 13.8. The summed E-state index contributed by atoms with van der Waals surface area (Å²) in [7, 11) is -6.50. The lowest BCUT2D eigenvalue weighted by Crippen LogP contribution is -2.30. The molecule has 0 aliphatic heterocycles. The van der Waals surface area contributed by atoms with E-state index in [4.69, 9.17) is 10.7 Å². The molecule has 0 amide bonds. The van der Waals surface area contributed by atoms with Crippen LogP contribution in [0.25, 0.3) is 10.8 Å². The first-order valence-corrected chi connectivity index (χ1v) is 16.1. The van der Waals surface area contributed by atoms with Crippen LogP contribution >= 0.6 is 10.7 Å². The summed E-state index contributed by atoms with van der Waals surface area (Å²) in [5.41, 5.74) is 0.214. The predicted molar refractivity (Wildman–Crippen MR) is 138 cm³/mol. The first-order chi connectivity index (χ1) is 16.7. The molecule has 0 saturated heterocycles. The lowest BCUT2D eigenvalue weighted by Gasteiger charge is -2.20. The summed E-state index contributed by atoms with van der Waals surface area (Å²) in [4.78, 5) is -0.571. The summed E-state index contributed by atoms with van der Waals surface area (Å²) < 4.78 is 76.8. The minimum Gasteiger partial charge on any atom is -0.506 e. The molecule has 3 aromatic rings. The molecule has 0 atom stereocenters. The quantitative estimate of drug-likeness (QED) is 0.284. The average molecular weight is 575 g/mol. The van der Waals surface area contributed by atoms with E-state index in [0.29, 0.717) is 0 Å². The third kappa shape index (κ3) is 5.95. The fourth-order valence-electron chi connectivity index (χ4n) is 3.47. The summed E-state index contributed by atoms with van der Waals surface area (Å²) in [6.07, 6.45) is 0.943. The molecule has 0 aliphatic carbocycles.